The molecule has 0 saturated carbocycles. The van der Waals surface area contributed by atoms with Crippen LogP contribution in [0.5, 0.6) is 0 Å². The number of hydrogen-bond acceptors (Lipinski definition) is 1. The molecule has 2 aromatic rings. The summed E-state index contributed by atoms with van der Waals surface area (Å²) in [5.41, 5.74) is 5.54. The molecule has 0 aliphatic carbocycles. The lowest BCUT2D eigenvalue weighted by molar-refractivity contribution is 0.101. The number of rotatable bonds is 2. The maximum atomic E-state index is 10.8. The maximum absolute atomic E-state index is 10.8. The Morgan fingerprint density at radius 1 is 0.815 bits per heavy atom. The molecule has 0 unspecified atom stereocenters. The number of hydrogen-bond donors (Lipinski definition) is 0. The number of terminal acetylenes is 2. The van der Waals surface area contributed by atoms with E-state index in [1.807, 2.05) is 84.0 Å². The first-order chi connectivity index (χ1) is 12.9. The summed E-state index contributed by atoms with van der Waals surface area (Å²) in [4.78, 5) is 10.8. The van der Waals surface area contributed by atoms with Gasteiger partial charge in [-0.05, 0) is 44.5 Å². The summed E-state index contributed by atoms with van der Waals surface area (Å²) in [5, 5.41) is 0. The first-order valence-electron chi connectivity index (χ1n) is 9.19. The van der Waals surface area contributed by atoms with Crippen molar-refractivity contribution in [2.75, 3.05) is 0 Å². The van der Waals surface area contributed by atoms with E-state index in [2.05, 4.69) is 18.4 Å². The van der Waals surface area contributed by atoms with E-state index in [4.69, 9.17) is 12.8 Å². The number of ketones is 1. The van der Waals surface area contributed by atoms with Gasteiger partial charge in [0.25, 0.3) is 0 Å². The van der Waals surface area contributed by atoms with Crippen LogP contribution >= 0.6 is 0 Å². The average Bonchev–Trinajstić information content (AvgIpc) is 2.71. The molecule has 0 atom stereocenters. The molecule has 1 heteroatoms. The van der Waals surface area contributed by atoms with E-state index in [0.29, 0.717) is 0 Å². The van der Waals surface area contributed by atoms with E-state index >= 15 is 0 Å². The molecule has 0 spiro atoms. The van der Waals surface area contributed by atoms with Crippen LogP contribution in [0.25, 0.3) is 5.57 Å². The number of allylic oxidation sites excluding steroid dienone is 1. The first kappa shape index (κ1) is 26.2. The summed E-state index contributed by atoms with van der Waals surface area (Å²) >= 11 is 0. The molecular weight excluding hydrogens is 328 g/mol. The number of Topliss-reactive ketones (excluding diaryl/α,β-unsaturated/α-hetero) is 1. The second-order valence-corrected chi connectivity index (χ2v) is 5.29. The van der Waals surface area contributed by atoms with Crippen molar-refractivity contribution in [1.29, 1.82) is 0 Å². The zero-order valence-electron chi connectivity index (χ0n) is 17.8. The molecule has 27 heavy (non-hydrogen) atoms. The minimum Gasteiger partial charge on any atom is -0.295 e. The van der Waals surface area contributed by atoms with Crippen LogP contribution in [-0.4, -0.2) is 5.78 Å². The Labute approximate surface area is 166 Å². The van der Waals surface area contributed by atoms with Crippen molar-refractivity contribution in [2.45, 2.75) is 48.5 Å². The fraction of sp³-hybridized carbons (Fsp3) is 0.269. The molecule has 0 bridgehead atoms. The predicted octanol–water partition coefficient (Wildman–Crippen LogP) is 6.93. The summed E-state index contributed by atoms with van der Waals surface area (Å²) in [6.45, 7) is 17.3. The maximum Gasteiger partial charge on any atom is 0.159 e. The summed E-state index contributed by atoms with van der Waals surface area (Å²) in [7, 11) is 0. The Kier molecular flexibility index (Phi) is 14.8. The van der Waals surface area contributed by atoms with Gasteiger partial charge in [-0.3, -0.25) is 4.79 Å². The number of carbonyl (C=O) groups excluding carboxylic acids is 1. The molecule has 0 fully saturated rings. The fourth-order valence-electron chi connectivity index (χ4n) is 1.83. The highest BCUT2D eigenvalue weighted by atomic mass is 16.1. The predicted molar refractivity (Wildman–Crippen MR) is 121 cm³/mol. The van der Waals surface area contributed by atoms with Crippen molar-refractivity contribution >= 4 is 11.4 Å². The third-order valence-corrected chi connectivity index (χ3v) is 3.22. The Morgan fingerprint density at radius 2 is 1.22 bits per heavy atom. The molecule has 1 nitrogen and oxygen atoms in total. The van der Waals surface area contributed by atoms with E-state index in [9.17, 15) is 4.79 Å². The third kappa shape index (κ3) is 10.5. The molecular formula is C26H32O. The number of carbonyl (C=O) groups is 1. The van der Waals surface area contributed by atoms with Crippen LogP contribution < -0.4 is 0 Å². The summed E-state index contributed by atoms with van der Waals surface area (Å²) < 4.78 is 0. The molecule has 2 aromatic carbocycles. The van der Waals surface area contributed by atoms with E-state index < -0.39 is 0 Å². The zero-order chi connectivity index (χ0) is 21.4. The smallest absolute Gasteiger partial charge is 0.159 e. The minimum absolute atomic E-state index is 0.125. The lowest BCUT2D eigenvalue weighted by Crippen LogP contribution is -1.90. The van der Waals surface area contributed by atoms with Gasteiger partial charge in [0.05, 0.1) is 0 Å². The van der Waals surface area contributed by atoms with Crippen LogP contribution in [0, 0.1) is 31.6 Å². The van der Waals surface area contributed by atoms with E-state index in [1.165, 1.54) is 5.56 Å². The van der Waals surface area contributed by atoms with Crippen molar-refractivity contribution in [3.63, 3.8) is 0 Å². The van der Waals surface area contributed by atoms with Crippen molar-refractivity contribution in [1.82, 2.24) is 0 Å². The van der Waals surface area contributed by atoms with Crippen molar-refractivity contribution < 1.29 is 4.79 Å². The zero-order valence-corrected chi connectivity index (χ0v) is 17.8. The SMILES string of the molecule is C#Cc1cc(C#C)cc(C(=C)C)c1.CC.CC.CC(=O)c1ccc(C)cc1. The van der Waals surface area contributed by atoms with Gasteiger partial charge in [0.2, 0.25) is 0 Å². The molecule has 0 amide bonds. The van der Waals surface area contributed by atoms with Gasteiger partial charge < -0.3 is 0 Å². The normalized spacial score (nSPS) is 8.04. The fourth-order valence-corrected chi connectivity index (χ4v) is 1.83. The van der Waals surface area contributed by atoms with Crippen LogP contribution in [-0.2, 0) is 0 Å². The molecule has 0 aromatic heterocycles. The monoisotopic (exact) mass is 360 g/mol. The molecule has 0 aliphatic rings. The van der Waals surface area contributed by atoms with Gasteiger partial charge in [0, 0.05) is 16.7 Å². The van der Waals surface area contributed by atoms with Crippen LogP contribution in [0.4, 0.5) is 0 Å². The first-order valence-corrected chi connectivity index (χ1v) is 9.19. The van der Waals surface area contributed by atoms with Gasteiger partial charge in [0.1, 0.15) is 0 Å². The van der Waals surface area contributed by atoms with Gasteiger partial charge in [0.15, 0.2) is 5.78 Å². The van der Waals surface area contributed by atoms with Crippen LogP contribution in [0.1, 0.15) is 74.2 Å². The minimum atomic E-state index is 0.125. The second kappa shape index (κ2) is 15.2. The molecule has 2 rings (SSSR count). The Morgan fingerprint density at radius 3 is 1.52 bits per heavy atom. The van der Waals surface area contributed by atoms with Crippen LogP contribution in [0.2, 0.25) is 0 Å². The molecule has 0 saturated heterocycles. The highest BCUT2D eigenvalue weighted by molar-refractivity contribution is 5.93. The van der Waals surface area contributed by atoms with Gasteiger partial charge in [-0.25, -0.2) is 0 Å². The summed E-state index contributed by atoms with van der Waals surface area (Å²) in [6, 6.07) is 13.2. The van der Waals surface area contributed by atoms with Crippen molar-refractivity contribution in [2.24, 2.45) is 0 Å². The second-order valence-electron chi connectivity index (χ2n) is 5.29. The Balaban J connectivity index is 0. The van der Waals surface area contributed by atoms with Crippen LogP contribution in [0.3, 0.4) is 0 Å². The van der Waals surface area contributed by atoms with Crippen molar-refractivity contribution in [3.05, 3.63) is 76.9 Å². The summed E-state index contributed by atoms with van der Waals surface area (Å²) in [5.74, 6) is 5.25. The molecule has 0 aliphatic heterocycles. The standard InChI is InChI=1S/C13H10.C9H10O.2C2H6/c1-5-11-7-12(6-2)9-13(8-11)10(3)4;1-7-3-5-9(6-4-7)8(2)10;2*1-2/h1-2,7-9H,3H2,4H3;3-6H,1-2H3;2*1-2H3. The van der Waals surface area contributed by atoms with Gasteiger partial charge >= 0.3 is 0 Å². The van der Waals surface area contributed by atoms with Gasteiger partial charge in [-0.2, -0.15) is 0 Å². The average molecular weight is 361 g/mol. The largest absolute Gasteiger partial charge is 0.295 e. The molecule has 142 valence electrons. The van der Waals surface area contributed by atoms with Gasteiger partial charge in [-0.15, -0.1) is 12.8 Å². The number of benzene rings is 2. The topological polar surface area (TPSA) is 17.1 Å². The third-order valence-electron chi connectivity index (χ3n) is 3.22. The summed E-state index contributed by atoms with van der Waals surface area (Å²) in [6.07, 6.45) is 10.6. The lowest BCUT2D eigenvalue weighted by Gasteiger charge is -2.01. The van der Waals surface area contributed by atoms with E-state index in [1.54, 1.807) is 6.92 Å². The quantitative estimate of drug-likeness (QED) is 0.419. The van der Waals surface area contributed by atoms with Gasteiger partial charge in [-0.1, -0.05) is 81.5 Å². The van der Waals surface area contributed by atoms with E-state index in [0.717, 1.165) is 27.8 Å². The Hall–Kier alpha value is -3.03. The molecule has 0 N–H and O–H groups in total. The Bertz CT molecular complexity index is 761. The number of aryl methyl sites for hydroxylation is 1. The van der Waals surface area contributed by atoms with E-state index in [-0.39, 0.29) is 5.78 Å². The highest BCUT2D eigenvalue weighted by Crippen LogP contribution is 2.15. The molecule has 0 radical (unpaired) electrons. The van der Waals surface area contributed by atoms with Crippen LogP contribution in [0.15, 0.2) is 49.0 Å². The lowest BCUT2D eigenvalue weighted by atomic mass is 10.0. The van der Waals surface area contributed by atoms with Crippen molar-refractivity contribution in [3.8, 4) is 24.7 Å². The highest BCUT2D eigenvalue weighted by Gasteiger charge is 1.98. The molecule has 0 heterocycles.